The molecule has 18 heavy (non-hydrogen) atoms. The van der Waals surface area contributed by atoms with Gasteiger partial charge < -0.3 is 4.90 Å². The third kappa shape index (κ3) is 2.06. The molecule has 1 unspecified atom stereocenters. The lowest BCUT2D eigenvalue weighted by atomic mass is 10.0. The highest BCUT2D eigenvalue weighted by Gasteiger charge is 2.26. The van der Waals surface area contributed by atoms with E-state index in [1.54, 1.807) is 0 Å². The van der Waals surface area contributed by atoms with Crippen LogP contribution in [0.1, 0.15) is 29.0 Å². The number of nitrogens with zero attached hydrogens (tertiary/aromatic N) is 3. The average Bonchev–Trinajstić information content (AvgIpc) is 2.89. The normalized spacial score (nSPS) is 18.8. The molecule has 3 rings (SSSR count). The van der Waals surface area contributed by atoms with Gasteiger partial charge in [0.15, 0.2) is 0 Å². The lowest BCUT2D eigenvalue weighted by Gasteiger charge is -2.33. The summed E-state index contributed by atoms with van der Waals surface area (Å²) in [5.41, 5.74) is 2.54. The van der Waals surface area contributed by atoms with Gasteiger partial charge in [0.05, 0.1) is 6.04 Å². The lowest BCUT2D eigenvalue weighted by Crippen LogP contribution is -2.34. The molecule has 0 N–H and O–H groups in total. The monoisotopic (exact) mass is 323 g/mol. The predicted octanol–water partition coefficient (Wildman–Crippen LogP) is 3.56. The van der Waals surface area contributed by atoms with E-state index in [-0.39, 0.29) is 0 Å². The number of fused-ring (bicyclic) bond motifs is 1. The highest BCUT2D eigenvalue weighted by Crippen LogP contribution is 2.34. The summed E-state index contributed by atoms with van der Waals surface area (Å²) in [6.07, 6.45) is 4.89. The third-order valence-electron chi connectivity index (χ3n) is 3.38. The number of halogens is 1. The van der Waals surface area contributed by atoms with E-state index in [0.717, 1.165) is 29.8 Å². The Kier molecular flexibility index (Phi) is 3.35. The van der Waals surface area contributed by atoms with Gasteiger partial charge >= 0.3 is 0 Å². The van der Waals surface area contributed by atoms with Gasteiger partial charge in [0, 0.05) is 29.1 Å². The van der Waals surface area contributed by atoms with Crippen molar-refractivity contribution in [2.24, 2.45) is 0 Å². The van der Waals surface area contributed by atoms with E-state index >= 15 is 0 Å². The van der Waals surface area contributed by atoms with Crippen molar-refractivity contribution in [1.82, 2.24) is 9.97 Å². The summed E-state index contributed by atoms with van der Waals surface area (Å²) in [5, 5.41) is 2.98. The summed E-state index contributed by atoms with van der Waals surface area (Å²) in [7, 11) is 0. The molecule has 2 aromatic rings. The molecule has 0 aliphatic carbocycles. The summed E-state index contributed by atoms with van der Waals surface area (Å²) >= 11 is 5.27. The summed E-state index contributed by atoms with van der Waals surface area (Å²) in [5.74, 6) is 0.837. The van der Waals surface area contributed by atoms with Gasteiger partial charge in [0.2, 0.25) is 5.95 Å². The zero-order chi connectivity index (χ0) is 12.5. The number of hydrogen-bond donors (Lipinski definition) is 0. The highest BCUT2D eigenvalue weighted by atomic mass is 79.9. The molecule has 1 atom stereocenters. The topological polar surface area (TPSA) is 29.0 Å². The molecule has 0 aromatic carbocycles. The van der Waals surface area contributed by atoms with Gasteiger partial charge in [-0.15, -0.1) is 11.3 Å². The molecule has 0 bridgehead atoms. The Hall–Kier alpha value is -0.940. The molecule has 94 valence electrons. The highest BCUT2D eigenvalue weighted by molar-refractivity contribution is 9.08. The maximum Gasteiger partial charge on any atom is 0.225 e. The second-order valence-electron chi connectivity index (χ2n) is 4.44. The van der Waals surface area contributed by atoms with E-state index in [9.17, 15) is 0 Å². The minimum atomic E-state index is 0.370. The Labute approximate surface area is 119 Å². The molecule has 0 saturated carbocycles. The van der Waals surface area contributed by atoms with Crippen molar-refractivity contribution in [3.8, 4) is 0 Å². The molecule has 0 saturated heterocycles. The van der Waals surface area contributed by atoms with Crippen molar-refractivity contribution < 1.29 is 0 Å². The number of thiophene rings is 1. The summed E-state index contributed by atoms with van der Waals surface area (Å²) in [4.78, 5) is 12.7. The van der Waals surface area contributed by atoms with Crippen LogP contribution in [0.25, 0.3) is 0 Å². The fraction of sp³-hybridized carbons (Fsp3) is 0.385. The molecule has 0 spiro atoms. The predicted molar refractivity (Wildman–Crippen MR) is 78.4 cm³/mol. The Balaban J connectivity index is 1.89. The standard InChI is InChI=1S/C13H14BrN3S/c1-9-11-3-5-18-12(11)2-4-17(9)13-15-7-10(6-14)8-16-13/h3,5,7-9H,2,4,6H2,1H3. The summed E-state index contributed by atoms with van der Waals surface area (Å²) < 4.78 is 0. The van der Waals surface area contributed by atoms with Crippen molar-refractivity contribution in [2.45, 2.75) is 24.7 Å². The minimum Gasteiger partial charge on any atom is -0.334 e. The molecule has 1 aliphatic heterocycles. The molecule has 1 aliphatic rings. The maximum absolute atomic E-state index is 4.47. The van der Waals surface area contributed by atoms with Crippen LogP contribution in [0.4, 0.5) is 5.95 Å². The van der Waals surface area contributed by atoms with Crippen LogP contribution >= 0.6 is 27.3 Å². The van der Waals surface area contributed by atoms with Crippen molar-refractivity contribution in [3.63, 3.8) is 0 Å². The molecule has 5 heteroatoms. The van der Waals surface area contributed by atoms with Gasteiger partial charge in [-0.2, -0.15) is 0 Å². The number of rotatable bonds is 2. The van der Waals surface area contributed by atoms with E-state index in [1.807, 2.05) is 23.7 Å². The van der Waals surface area contributed by atoms with Crippen LogP contribution < -0.4 is 4.90 Å². The first-order valence-corrected chi connectivity index (χ1v) is 7.99. The van der Waals surface area contributed by atoms with E-state index in [2.05, 4.69) is 49.2 Å². The zero-order valence-electron chi connectivity index (χ0n) is 10.1. The van der Waals surface area contributed by atoms with Crippen LogP contribution in [0, 0.1) is 0 Å². The van der Waals surface area contributed by atoms with Crippen LogP contribution in [0.2, 0.25) is 0 Å². The number of aromatic nitrogens is 2. The first-order valence-electron chi connectivity index (χ1n) is 5.99. The Bertz CT molecular complexity index is 537. The van der Waals surface area contributed by atoms with Gasteiger partial charge in [-0.25, -0.2) is 9.97 Å². The van der Waals surface area contributed by atoms with E-state index in [1.165, 1.54) is 10.4 Å². The van der Waals surface area contributed by atoms with Gasteiger partial charge in [-0.05, 0) is 35.9 Å². The third-order valence-corrected chi connectivity index (χ3v) is 5.02. The quantitative estimate of drug-likeness (QED) is 0.791. The lowest BCUT2D eigenvalue weighted by molar-refractivity contribution is 0.615. The van der Waals surface area contributed by atoms with Gasteiger partial charge in [0.25, 0.3) is 0 Å². The summed E-state index contributed by atoms with van der Waals surface area (Å²) in [6.45, 7) is 3.23. The Morgan fingerprint density at radius 1 is 1.44 bits per heavy atom. The fourth-order valence-electron chi connectivity index (χ4n) is 2.35. The van der Waals surface area contributed by atoms with Crippen LogP contribution in [-0.4, -0.2) is 16.5 Å². The Morgan fingerprint density at radius 2 is 2.22 bits per heavy atom. The number of hydrogen-bond acceptors (Lipinski definition) is 4. The second kappa shape index (κ2) is 4.97. The van der Waals surface area contributed by atoms with Crippen molar-refractivity contribution in [3.05, 3.63) is 39.8 Å². The van der Waals surface area contributed by atoms with Gasteiger partial charge in [-0.1, -0.05) is 15.9 Å². The van der Waals surface area contributed by atoms with Crippen LogP contribution in [-0.2, 0) is 11.8 Å². The Morgan fingerprint density at radius 3 is 2.94 bits per heavy atom. The minimum absolute atomic E-state index is 0.370. The SMILES string of the molecule is CC1c2ccsc2CCN1c1ncc(CBr)cn1. The second-order valence-corrected chi connectivity index (χ2v) is 6.00. The van der Waals surface area contributed by atoms with Crippen LogP contribution in [0.15, 0.2) is 23.8 Å². The van der Waals surface area contributed by atoms with Crippen LogP contribution in [0.5, 0.6) is 0 Å². The van der Waals surface area contributed by atoms with Crippen LogP contribution in [0.3, 0.4) is 0 Å². The first-order chi connectivity index (χ1) is 8.79. The fourth-order valence-corrected chi connectivity index (χ4v) is 3.60. The maximum atomic E-state index is 4.47. The summed E-state index contributed by atoms with van der Waals surface area (Å²) in [6, 6.07) is 2.60. The van der Waals surface area contributed by atoms with E-state index < -0.39 is 0 Å². The molecule has 0 amide bonds. The molecular formula is C13H14BrN3S. The molecular weight excluding hydrogens is 310 g/mol. The smallest absolute Gasteiger partial charge is 0.225 e. The molecule has 2 aromatic heterocycles. The molecule has 0 fully saturated rings. The van der Waals surface area contributed by atoms with Crippen molar-refractivity contribution in [1.29, 1.82) is 0 Å². The van der Waals surface area contributed by atoms with E-state index in [4.69, 9.17) is 0 Å². The molecule has 3 heterocycles. The van der Waals surface area contributed by atoms with Crippen molar-refractivity contribution >= 4 is 33.2 Å². The number of anilines is 1. The van der Waals surface area contributed by atoms with E-state index in [0.29, 0.717) is 6.04 Å². The van der Waals surface area contributed by atoms with Gasteiger partial charge in [-0.3, -0.25) is 0 Å². The number of alkyl halides is 1. The average molecular weight is 324 g/mol. The van der Waals surface area contributed by atoms with Gasteiger partial charge in [0.1, 0.15) is 0 Å². The molecule has 0 radical (unpaired) electrons. The zero-order valence-corrected chi connectivity index (χ0v) is 12.5. The van der Waals surface area contributed by atoms with Crippen molar-refractivity contribution in [2.75, 3.05) is 11.4 Å². The largest absolute Gasteiger partial charge is 0.334 e. The molecule has 3 nitrogen and oxygen atoms in total. The first kappa shape index (κ1) is 12.1.